The van der Waals surface area contributed by atoms with Crippen LogP contribution in [0.15, 0.2) is 48.7 Å². The summed E-state index contributed by atoms with van der Waals surface area (Å²) in [4.78, 5) is 21.7. The van der Waals surface area contributed by atoms with Gasteiger partial charge in [-0.15, -0.1) is 0 Å². The highest BCUT2D eigenvalue weighted by atomic mass is 16.2. The van der Waals surface area contributed by atoms with Gasteiger partial charge in [0.05, 0.1) is 12.2 Å². The molecule has 5 heteroatoms. The number of nitrogens with one attached hydrogen (secondary N) is 1. The Labute approximate surface area is 168 Å². The number of nitrogens with zero attached hydrogens (tertiary/aromatic N) is 3. The van der Waals surface area contributed by atoms with E-state index in [0.29, 0.717) is 19.0 Å². The van der Waals surface area contributed by atoms with Crippen LogP contribution in [0.2, 0.25) is 0 Å². The predicted octanol–water partition coefficient (Wildman–Crippen LogP) is 3.83. The second-order valence-electron chi connectivity index (χ2n) is 7.90. The molecule has 1 aliphatic rings. The quantitative estimate of drug-likeness (QED) is 0.794. The molecule has 0 spiro atoms. The van der Waals surface area contributed by atoms with E-state index < -0.39 is 0 Å². The predicted molar refractivity (Wildman–Crippen MR) is 113 cm³/mol. The van der Waals surface area contributed by atoms with E-state index >= 15 is 0 Å². The Morgan fingerprint density at radius 2 is 2.04 bits per heavy atom. The third-order valence-corrected chi connectivity index (χ3v) is 5.51. The summed E-state index contributed by atoms with van der Waals surface area (Å²) in [5.74, 6) is 0.680. The van der Waals surface area contributed by atoms with Crippen LogP contribution < -0.4 is 5.32 Å². The lowest BCUT2D eigenvalue weighted by molar-refractivity contribution is 0.184. The van der Waals surface area contributed by atoms with Crippen LogP contribution in [0.25, 0.3) is 0 Å². The van der Waals surface area contributed by atoms with E-state index in [2.05, 4.69) is 34.4 Å². The molecule has 28 heavy (non-hydrogen) atoms. The lowest BCUT2D eigenvalue weighted by Gasteiger charge is -2.30. The van der Waals surface area contributed by atoms with Crippen molar-refractivity contribution in [1.82, 2.24) is 20.1 Å². The van der Waals surface area contributed by atoms with Crippen molar-refractivity contribution in [3.05, 3.63) is 65.5 Å². The Hall–Kier alpha value is -2.40. The van der Waals surface area contributed by atoms with Gasteiger partial charge in [0.2, 0.25) is 0 Å². The summed E-state index contributed by atoms with van der Waals surface area (Å²) in [6.45, 7) is 6.19. The first-order valence-corrected chi connectivity index (χ1v) is 10.3. The fourth-order valence-electron chi connectivity index (χ4n) is 3.87. The van der Waals surface area contributed by atoms with Gasteiger partial charge < -0.3 is 15.1 Å². The van der Waals surface area contributed by atoms with E-state index in [1.165, 1.54) is 19.4 Å². The van der Waals surface area contributed by atoms with Crippen molar-refractivity contribution in [3.63, 3.8) is 0 Å². The molecule has 5 nitrogen and oxygen atoms in total. The van der Waals surface area contributed by atoms with Crippen LogP contribution in [-0.4, -0.2) is 47.5 Å². The molecule has 1 aromatic carbocycles. The van der Waals surface area contributed by atoms with Gasteiger partial charge in [-0.1, -0.05) is 36.4 Å². The minimum Gasteiger partial charge on any atom is -0.338 e. The van der Waals surface area contributed by atoms with Crippen LogP contribution in [0.5, 0.6) is 0 Å². The Morgan fingerprint density at radius 3 is 2.79 bits per heavy atom. The summed E-state index contributed by atoms with van der Waals surface area (Å²) in [5.41, 5.74) is 3.18. The van der Waals surface area contributed by atoms with Gasteiger partial charge in [-0.25, -0.2) is 4.79 Å². The van der Waals surface area contributed by atoms with Crippen molar-refractivity contribution in [2.45, 2.75) is 39.3 Å². The molecule has 2 amide bonds. The zero-order valence-electron chi connectivity index (χ0n) is 17.1. The first-order chi connectivity index (χ1) is 13.6. The third kappa shape index (κ3) is 6.06. The Kier molecular flexibility index (Phi) is 7.43. The van der Waals surface area contributed by atoms with Crippen LogP contribution >= 0.6 is 0 Å². The van der Waals surface area contributed by atoms with Gasteiger partial charge >= 0.3 is 6.03 Å². The minimum absolute atomic E-state index is 0.0157. The van der Waals surface area contributed by atoms with Gasteiger partial charge in [0.1, 0.15) is 0 Å². The van der Waals surface area contributed by atoms with E-state index in [1.54, 1.807) is 6.20 Å². The van der Waals surface area contributed by atoms with Crippen molar-refractivity contribution in [1.29, 1.82) is 0 Å². The Balaban J connectivity index is 1.60. The van der Waals surface area contributed by atoms with E-state index in [9.17, 15) is 4.79 Å². The van der Waals surface area contributed by atoms with Gasteiger partial charge in [-0.2, -0.15) is 0 Å². The summed E-state index contributed by atoms with van der Waals surface area (Å²) < 4.78 is 0. The van der Waals surface area contributed by atoms with Gasteiger partial charge in [-0.05, 0) is 62.9 Å². The molecule has 1 fully saturated rings. The number of amides is 2. The maximum Gasteiger partial charge on any atom is 0.318 e. The first kappa shape index (κ1) is 20.3. The molecular formula is C23H32N4O. The molecule has 0 radical (unpaired) electrons. The van der Waals surface area contributed by atoms with Crippen LogP contribution in [-0.2, 0) is 13.1 Å². The number of pyridine rings is 1. The second kappa shape index (κ2) is 10.2. The molecule has 150 valence electrons. The summed E-state index contributed by atoms with van der Waals surface area (Å²) in [5, 5.41) is 3.15. The fraction of sp³-hybridized carbons (Fsp3) is 0.478. The van der Waals surface area contributed by atoms with E-state index in [1.807, 2.05) is 42.2 Å². The molecule has 1 aliphatic heterocycles. The highest BCUT2D eigenvalue weighted by Gasteiger charge is 2.19. The SMILES string of the molecule is Cc1cccnc1CN(Cc1ccccc1)C(=O)NCCC1CCCN(C)C1. The number of benzene rings is 1. The number of piperidine rings is 1. The number of rotatable bonds is 7. The topological polar surface area (TPSA) is 48.5 Å². The molecule has 0 saturated carbocycles. The molecule has 2 heterocycles. The minimum atomic E-state index is -0.0157. The highest BCUT2D eigenvalue weighted by molar-refractivity contribution is 5.74. The standard InChI is InChI=1S/C23H32N4O/c1-19-8-6-13-24-22(19)18-27(17-20-9-4-3-5-10-20)23(28)25-14-12-21-11-7-15-26(2)16-21/h3-6,8-10,13,21H,7,11-12,14-18H2,1-2H3,(H,25,28). The molecule has 0 bridgehead atoms. The average molecular weight is 381 g/mol. The number of carbonyl (C=O) groups is 1. The molecule has 3 rings (SSSR count). The number of hydrogen-bond acceptors (Lipinski definition) is 3. The third-order valence-electron chi connectivity index (χ3n) is 5.51. The number of likely N-dealkylation sites (tertiary alicyclic amines) is 1. The normalized spacial score (nSPS) is 17.3. The number of urea groups is 1. The highest BCUT2D eigenvalue weighted by Crippen LogP contribution is 2.18. The molecule has 2 aromatic rings. The van der Waals surface area contributed by atoms with Gasteiger partial charge in [0.25, 0.3) is 0 Å². The molecule has 0 aliphatic carbocycles. The fourth-order valence-corrected chi connectivity index (χ4v) is 3.87. The summed E-state index contributed by atoms with van der Waals surface area (Å²) >= 11 is 0. The summed E-state index contributed by atoms with van der Waals surface area (Å²) in [7, 11) is 2.18. The summed E-state index contributed by atoms with van der Waals surface area (Å²) in [6, 6.07) is 14.1. The summed E-state index contributed by atoms with van der Waals surface area (Å²) in [6.07, 6.45) is 5.35. The van der Waals surface area contributed by atoms with Gasteiger partial charge in [0.15, 0.2) is 0 Å². The van der Waals surface area contributed by atoms with E-state index in [4.69, 9.17) is 0 Å². The lowest BCUT2D eigenvalue weighted by atomic mass is 9.95. The maximum atomic E-state index is 12.9. The van der Waals surface area contributed by atoms with Crippen molar-refractivity contribution < 1.29 is 4.79 Å². The zero-order valence-corrected chi connectivity index (χ0v) is 17.1. The van der Waals surface area contributed by atoms with E-state index in [0.717, 1.165) is 36.3 Å². The van der Waals surface area contributed by atoms with Crippen molar-refractivity contribution in [2.75, 3.05) is 26.7 Å². The van der Waals surface area contributed by atoms with Crippen LogP contribution in [0, 0.1) is 12.8 Å². The largest absolute Gasteiger partial charge is 0.338 e. The smallest absolute Gasteiger partial charge is 0.318 e. The number of carbonyl (C=O) groups excluding carboxylic acids is 1. The van der Waals surface area contributed by atoms with Crippen molar-refractivity contribution in [2.24, 2.45) is 5.92 Å². The van der Waals surface area contributed by atoms with Crippen LogP contribution in [0.1, 0.15) is 36.1 Å². The molecular weight excluding hydrogens is 348 g/mol. The number of hydrogen-bond donors (Lipinski definition) is 1. The van der Waals surface area contributed by atoms with Gasteiger partial charge in [-0.3, -0.25) is 4.98 Å². The van der Waals surface area contributed by atoms with Crippen LogP contribution in [0.4, 0.5) is 4.79 Å². The van der Waals surface area contributed by atoms with Crippen molar-refractivity contribution >= 4 is 6.03 Å². The van der Waals surface area contributed by atoms with Crippen LogP contribution in [0.3, 0.4) is 0 Å². The molecule has 1 atom stereocenters. The van der Waals surface area contributed by atoms with Crippen molar-refractivity contribution in [3.8, 4) is 0 Å². The number of aromatic nitrogens is 1. The number of aryl methyl sites for hydroxylation is 1. The lowest BCUT2D eigenvalue weighted by Crippen LogP contribution is -2.41. The first-order valence-electron chi connectivity index (χ1n) is 10.3. The monoisotopic (exact) mass is 380 g/mol. The zero-order chi connectivity index (χ0) is 19.8. The molecule has 1 saturated heterocycles. The molecule has 1 aromatic heterocycles. The van der Waals surface area contributed by atoms with E-state index in [-0.39, 0.29) is 6.03 Å². The van der Waals surface area contributed by atoms with Gasteiger partial charge in [0, 0.05) is 25.8 Å². The Bertz CT molecular complexity index is 749. The second-order valence-corrected chi connectivity index (χ2v) is 7.90. The molecule has 1 unspecified atom stereocenters. The maximum absolute atomic E-state index is 12.9. The molecule has 1 N–H and O–H groups in total. The average Bonchev–Trinajstić information content (AvgIpc) is 2.70. The Morgan fingerprint density at radius 1 is 1.21 bits per heavy atom.